The van der Waals surface area contributed by atoms with Crippen LogP contribution in [0.1, 0.15) is 0 Å². The van der Waals surface area contributed by atoms with Crippen LogP contribution in [0, 0.1) is 0 Å². The lowest BCUT2D eigenvalue weighted by Crippen LogP contribution is -2.12. The second-order valence-electron chi connectivity index (χ2n) is 14.9. The topological polar surface area (TPSA) is 16.3 Å². The summed E-state index contributed by atoms with van der Waals surface area (Å²) in [6.07, 6.45) is 0. The van der Waals surface area contributed by atoms with E-state index in [0.717, 1.165) is 54.4 Å². The molecule has 0 unspecified atom stereocenters. The zero-order chi connectivity index (χ0) is 40.2. The van der Waals surface area contributed by atoms with Gasteiger partial charge in [0.1, 0.15) is 0 Å². The monoisotopic (exact) mass is 898 g/mol. The predicted molar refractivity (Wildman–Crippen MR) is 260 cm³/mol. The molecule has 0 saturated heterocycles. The van der Waals surface area contributed by atoms with Crippen LogP contribution in [-0.4, -0.2) is 9.13 Å². The highest BCUT2D eigenvalue weighted by molar-refractivity contribution is 9.10. The van der Waals surface area contributed by atoms with Gasteiger partial charge in [-0.1, -0.05) is 105 Å². The van der Waals surface area contributed by atoms with Crippen molar-refractivity contribution in [2.24, 2.45) is 0 Å². The third-order valence-electron chi connectivity index (χ3n) is 11.4. The molecule has 0 amide bonds. The van der Waals surface area contributed by atoms with E-state index in [-0.39, 0.29) is 0 Å². The molecule has 60 heavy (non-hydrogen) atoms. The molecular weight excluding hydrogens is 864 g/mol. The van der Waals surface area contributed by atoms with Gasteiger partial charge < -0.3 is 18.9 Å². The van der Waals surface area contributed by atoms with Crippen LogP contribution in [0.4, 0.5) is 34.1 Å². The Hall–Kier alpha value is -6.86. The van der Waals surface area contributed by atoms with Gasteiger partial charge >= 0.3 is 0 Å². The molecule has 0 radical (unpaired) electrons. The van der Waals surface area contributed by atoms with Crippen molar-refractivity contribution in [3.8, 4) is 11.4 Å². The predicted octanol–water partition coefficient (Wildman–Crippen LogP) is 16.3. The van der Waals surface area contributed by atoms with Crippen LogP contribution >= 0.6 is 31.9 Å². The molecule has 0 aliphatic rings. The highest BCUT2D eigenvalue weighted by Crippen LogP contribution is 2.44. The first-order valence-corrected chi connectivity index (χ1v) is 21.6. The number of hydrogen-bond donors (Lipinski definition) is 0. The van der Waals surface area contributed by atoms with Crippen LogP contribution < -0.4 is 9.80 Å². The number of benzene rings is 9. The molecule has 0 atom stereocenters. The average Bonchev–Trinajstić information content (AvgIpc) is 3.81. The Morgan fingerprint density at radius 3 is 0.967 bits per heavy atom. The van der Waals surface area contributed by atoms with Gasteiger partial charge in [0.2, 0.25) is 0 Å². The largest absolute Gasteiger partial charge is 0.311 e. The van der Waals surface area contributed by atoms with Gasteiger partial charge in [-0.3, -0.25) is 0 Å². The van der Waals surface area contributed by atoms with Crippen LogP contribution in [0.2, 0.25) is 0 Å². The Kier molecular flexibility index (Phi) is 9.10. The van der Waals surface area contributed by atoms with Gasteiger partial charge in [0, 0.05) is 76.0 Å². The lowest BCUT2D eigenvalue weighted by Gasteiger charge is -2.28. The fraction of sp³-hybridized carbons (Fsp3) is 0. The smallest absolute Gasteiger partial charge is 0.0542 e. The molecule has 9 aromatic carbocycles. The number of anilines is 6. The Balaban J connectivity index is 1.11. The molecule has 0 saturated carbocycles. The third kappa shape index (κ3) is 6.27. The standard InChI is InChI=1S/C54H36Br2N4/c55-37-19-23-41(24-20-37)57(42-25-21-38(56)22-26-42)43-27-29-44(30-28-43)58(45-31-33-53-49(35-45)47-15-7-9-17-51(47)59(53)39-11-3-1-4-12-39)46-32-34-54-50(36-46)48-16-8-10-18-52(48)60(54)40-13-5-2-6-14-40/h1-36H. The summed E-state index contributed by atoms with van der Waals surface area (Å²) in [5, 5.41) is 4.84. The minimum absolute atomic E-state index is 1.04. The summed E-state index contributed by atoms with van der Waals surface area (Å²) in [4.78, 5) is 4.69. The zero-order valence-corrected chi connectivity index (χ0v) is 35.5. The van der Waals surface area contributed by atoms with Gasteiger partial charge in [0.25, 0.3) is 0 Å². The summed E-state index contributed by atoms with van der Waals surface area (Å²) in [5.41, 5.74) is 13.4. The zero-order valence-electron chi connectivity index (χ0n) is 32.3. The maximum atomic E-state index is 3.64. The van der Waals surface area contributed by atoms with Crippen molar-refractivity contribution in [3.05, 3.63) is 227 Å². The quantitative estimate of drug-likeness (QED) is 0.151. The van der Waals surface area contributed by atoms with E-state index in [1.807, 2.05) is 0 Å². The highest BCUT2D eigenvalue weighted by atomic mass is 79.9. The van der Waals surface area contributed by atoms with Crippen LogP contribution in [0.3, 0.4) is 0 Å². The van der Waals surface area contributed by atoms with E-state index in [2.05, 4.69) is 269 Å². The second-order valence-corrected chi connectivity index (χ2v) is 16.8. The highest BCUT2D eigenvalue weighted by Gasteiger charge is 2.21. The van der Waals surface area contributed by atoms with Gasteiger partial charge in [0.15, 0.2) is 0 Å². The number of rotatable bonds is 8. The molecule has 0 fully saturated rings. The lowest BCUT2D eigenvalue weighted by molar-refractivity contribution is 1.18. The number of para-hydroxylation sites is 4. The van der Waals surface area contributed by atoms with Crippen molar-refractivity contribution < 1.29 is 0 Å². The fourth-order valence-corrected chi connectivity index (χ4v) is 9.26. The van der Waals surface area contributed by atoms with Crippen molar-refractivity contribution in [3.63, 3.8) is 0 Å². The first kappa shape index (κ1) is 36.2. The molecule has 4 nitrogen and oxygen atoms in total. The number of fused-ring (bicyclic) bond motifs is 6. The first-order valence-electron chi connectivity index (χ1n) is 20.0. The second kappa shape index (κ2) is 15.1. The fourth-order valence-electron chi connectivity index (χ4n) is 8.74. The van der Waals surface area contributed by atoms with Gasteiger partial charge in [-0.25, -0.2) is 0 Å². The number of halogens is 2. The van der Waals surface area contributed by atoms with Gasteiger partial charge in [-0.2, -0.15) is 0 Å². The van der Waals surface area contributed by atoms with E-state index in [1.54, 1.807) is 0 Å². The molecule has 0 N–H and O–H groups in total. The molecule has 0 aliphatic carbocycles. The summed E-state index contributed by atoms with van der Waals surface area (Å²) in [6.45, 7) is 0. The van der Waals surface area contributed by atoms with Crippen LogP contribution in [0.25, 0.3) is 55.0 Å². The molecule has 0 bridgehead atoms. The van der Waals surface area contributed by atoms with E-state index < -0.39 is 0 Å². The molecule has 6 heteroatoms. The normalized spacial score (nSPS) is 11.5. The Bertz CT molecular complexity index is 3120. The lowest BCUT2D eigenvalue weighted by atomic mass is 10.1. The summed E-state index contributed by atoms with van der Waals surface area (Å²) in [7, 11) is 0. The Morgan fingerprint density at radius 2 is 0.567 bits per heavy atom. The molecule has 2 aromatic heterocycles. The Labute approximate surface area is 365 Å². The number of nitrogens with zero attached hydrogens (tertiary/aromatic N) is 4. The van der Waals surface area contributed by atoms with Crippen molar-refractivity contribution in [1.29, 1.82) is 0 Å². The molecule has 286 valence electrons. The van der Waals surface area contributed by atoms with Gasteiger partial charge in [0.05, 0.1) is 22.1 Å². The van der Waals surface area contributed by atoms with Crippen LogP contribution in [0.5, 0.6) is 0 Å². The average molecular weight is 901 g/mol. The molecular formula is C54H36Br2N4. The van der Waals surface area contributed by atoms with Crippen LogP contribution in [-0.2, 0) is 0 Å². The maximum absolute atomic E-state index is 3.64. The summed E-state index contributed by atoms with van der Waals surface area (Å²) >= 11 is 7.27. The Morgan fingerprint density at radius 1 is 0.267 bits per heavy atom. The minimum Gasteiger partial charge on any atom is -0.311 e. The van der Waals surface area contributed by atoms with Gasteiger partial charge in [-0.15, -0.1) is 0 Å². The van der Waals surface area contributed by atoms with E-state index in [4.69, 9.17) is 0 Å². The van der Waals surface area contributed by atoms with Crippen molar-refractivity contribution in [2.45, 2.75) is 0 Å². The summed E-state index contributed by atoms with van der Waals surface area (Å²) in [6, 6.07) is 78.5. The molecule has 11 aromatic rings. The van der Waals surface area contributed by atoms with E-state index >= 15 is 0 Å². The molecule has 11 rings (SSSR count). The SMILES string of the molecule is Brc1ccc(N(c2ccc(Br)cc2)c2ccc(N(c3ccc4c(c3)c3ccccc3n4-c3ccccc3)c3ccc4c(c3)c3ccccc3n4-c3ccccc3)cc2)cc1. The summed E-state index contributed by atoms with van der Waals surface area (Å²) in [5.74, 6) is 0. The third-order valence-corrected chi connectivity index (χ3v) is 12.5. The first-order chi connectivity index (χ1) is 29.6. The van der Waals surface area contributed by atoms with E-state index in [1.165, 1.54) is 43.6 Å². The molecule has 2 heterocycles. The molecule has 0 spiro atoms. The van der Waals surface area contributed by atoms with Crippen molar-refractivity contribution >= 4 is 110 Å². The minimum atomic E-state index is 1.04. The number of hydrogen-bond acceptors (Lipinski definition) is 2. The number of aromatic nitrogens is 2. The molecule has 0 aliphatic heterocycles. The van der Waals surface area contributed by atoms with Crippen LogP contribution in [0.15, 0.2) is 227 Å². The van der Waals surface area contributed by atoms with Crippen molar-refractivity contribution in [2.75, 3.05) is 9.80 Å². The van der Waals surface area contributed by atoms with Gasteiger partial charge in [-0.05, 0) is 146 Å². The van der Waals surface area contributed by atoms with E-state index in [0.29, 0.717) is 0 Å². The maximum Gasteiger partial charge on any atom is 0.0542 e. The van der Waals surface area contributed by atoms with E-state index in [9.17, 15) is 0 Å². The van der Waals surface area contributed by atoms with Crippen molar-refractivity contribution in [1.82, 2.24) is 9.13 Å². The summed E-state index contributed by atoms with van der Waals surface area (Å²) < 4.78 is 6.83.